The van der Waals surface area contributed by atoms with Crippen LogP contribution in [-0.2, 0) is 0 Å². The first kappa shape index (κ1) is 31.6. The van der Waals surface area contributed by atoms with Gasteiger partial charge in [0, 0.05) is 27.7 Å². The van der Waals surface area contributed by atoms with Crippen LogP contribution in [0.2, 0.25) is 0 Å². The molecule has 54 heavy (non-hydrogen) atoms. The Kier molecular flexibility index (Phi) is 7.85. The van der Waals surface area contributed by atoms with Crippen LogP contribution in [0.1, 0.15) is 0 Å². The zero-order valence-corrected chi connectivity index (χ0v) is 29.6. The molecule has 0 saturated carbocycles. The monoisotopic (exact) mass is 689 g/mol. The summed E-state index contributed by atoms with van der Waals surface area (Å²) >= 11 is 0. The topological polar surface area (TPSA) is 16.4 Å². The van der Waals surface area contributed by atoms with E-state index >= 15 is 0 Å². The highest BCUT2D eigenvalue weighted by atomic mass is 16.3. The Hall–Kier alpha value is -7.16. The minimum atomic E-state index is 0.904. The summed E-state index contributed by atoms with van der Waals surface area (Å²) in [5.74, 6) is 0. The molecule has 0 N–H and O–H groups in total. The van der Waals surface area contributed by atoms with E-state index in [0.717, 1.165) is 55.7 Å². The Balaban J connectivity index is 1.15. The van der Waals surface area contributed by atoms with E-state index < -0.39 is 0 Å². The zero-order chi connectivity index (χ0) is 35.8. The summed E-state index contributed by atoms with van der Waals surface area (Å²) in [6.07, 6.45) is 0. The van der Waals surface area contributed by atoms with Gasteiger partial charge < -0.3 is 9.32 Å². The highest BCUT2D eigenvalue weighted by molar-refractivity contribution is 6.06. The van der Waals surface area contributed by atoms with Gasteiger partial charge in [-0.05, 0) is 98.2 Å². The molecule has 0 unspecified atom stereocenters. The molecular formula is C52H35NO. The van der Waals surface area contributed by atoms with E-state index in [0.29, 0.717) is 0 Å². The molecular weight excluding hydrogens is 655 g/mol. The third-order valence-electron chi connectivity index (χ3n) is 10.5. The fourth-order valence-electron chi connectivity index (χ4n) is 7.79. The first-order valence-electron chi connectivity index (χ1n) is 18.4. The standard InChI is InChI=1S/C52H35NO/c1-3-12-36(13-4-1)37-22-28-43(29-23-37)53(44-30-24-38(25-31-44)41-27-33-52-49(34-41)48-19-9-10-21-51(48)54-52)50-35-42(26-32-47(50)40-14-5-2-6-15-40)46-20-11-17-39-16-7-8-18-45(39)46/h1-35H. The van der Waals surface area contributed by atoms with Crippen molar-refractivity contribution in [1.29, 1.82) is 0 Å². The van der Waals surface area contributed by atoms with E-state index in [1.54, 1.807) is 0 Å². The lowest BCUT2D eigenvalue weighted by Crippen LogP contribution is -2.11. The van der Waals surface area contributed by atoms with Crippen molar-refractivity contribution in [1.82, 2.24) is 0 Å². The first-order valence-corrected chi connectivity index (χ1v) is 18.4. The SMILES string of the molecule is c1ccc(-c2ccc(N(c3ccc(-c4ccc5oc6ccccc6c5c4)cc3)c3cc(-c4cccc5ccccc45)ccc3-c3ccccc3)cc2)cc1. The molecule has 0 atom stereocenters. The second kappa shape index (κ2) is 13.4. The smallest absolute Gasteiger partial charge is 0.135 e. The van der Waals surface area contributed by atoms with Crippen molar-refractivity contribution in [3.63, 3.8) is 0 Å². The number of rotatable bonds is 7. The Morgan fingerprint density at radius 2 is 0.833 bits per heavy atom. The lowest BCUT2D eigenvalue weighted by atomic mass is 9.94. The van der Waals surface area contributed by atoms with Crippen LogP contribution in [-0.4, -0.2) is 0 Å². The van der Waals surface area contributed by atoms with Gasteiger partial charge in [-0.2, -0.15) is 0 Å². The Morgan fingerprint density at radius 3 is 1.57 bits per heavy atom. The molecule has 10 rings (SSSR count). The van der Waals surface area contributed by atoms with E-state index in [1.807, 2.05) is 12.1 Å². The maximum atomic E-state index is 6.13. The molecule has 0 amide bonds. The van der Waals surface area contributed by atoms with E-state index in [1.165, 1.54) is 38.6 Å². The molecule has 2 heteroatoms. The number of para-hydroxylation sites is 1. The summed E-state index contributed by atoms with van der Waals surface area (Å²) in [7, 11) is 0. The van der Waals surface area contributed by atoms with Gasteiger partial charge in [0.05, 0.1) is 5.69 Å². The second-order valence-corrected chi connectivity index (χ2v) is 13.7. The van der Waals surface area contributed by atoms with E-state index in [9.17, 15) is 0 Å². The number of benzene rings is 9. The van der Waals surface area contributed by atoms with Gasteiger partial charge in [-0.3, -0.25) is 0 Å². The Morgan fingerprint density at radius 1 is 0.296 bits per heavy atom. The summed E-state index contributed by atoms with van der Waals surface area (Å²) < 4.78 is 6.13. The highest BCUT2D eigenvalue weighted by Crippen LogP contribution is 2.44. The van der Waals surface area contributed by atoms with Crippen LogP contribution in [0, 0.1) is 0 Å². The normalized spacial score (nSPS) is 11.3. The number of hydrogen-bond donors (Lipinski definition) is 0. The lowest BCUT2D eigenvalue weighted by molar-refractivity contribution is 0.669. The first-order chi connectivity index (χ1) is 26.8. The average Bonchev–Trinajstić information content (AvgIpc) is 3.63. The van der Waals surface area contributed by atoms with Gasteiger partial charge in [-0.1, -0.05) is 164 Å². The molecule has 0 aliphatic carbocycles. The van der Waals surface area contributed by atoms with E-state index in [-0.39, 0.29) is 0 Å². The molecule has 10 aromatic rings. The zero-order valence-electron chi connectivity index (χ0n) is 29.6. The van der Waals surface area contributed by atoms with Gasteiger partial charge in [0.2, 0.25) is 0 Å². The molecule has 0 aliphatic heterocycles. The molecule has 0 radical (unpaired) electrons. The highest BCUT2D eigenvalue weighted by Gasteiger charge is 2.20. The van der Waals surface area contributed by atoms with Crippen molar-refractivity contribution < 1.29 is 4.42 Å². The predicted molar refractivity (Wildman–Crippen MR) is 228 cm³/mol. The van der Waals surface area contributed by atoms with E-state index in [4.69, 9.17) is 4.42 Å². The van der Waals surface area contributed by atoms with Crippen molar-refractivity contribution >= 4 is 49.8 Å². The van der Waals surface area contributed by atoms with Gasteiger partial charge in [0.1, 0.15) is 11.2 Å². The van der Waals surface area contributed by atoms with Crippen LogP contribution in [0.25, 0.3) is 77.2 Å². The van der Waals surface area contributed by atoms with Crippen LogP contribution in [0.5, 0.6) is 0 Å². The van der Waals surface area contributed by atoms with Crippen molar-refractivity contribution in [2.75, 3.05) is 4.90 Å². The minimum absolute atomic E-state index is 0.904. The fraction of sp³-hybridized carbons (Fsp3) is 0. The average molecular weight is 690 g/mol. The Labute approximate surface area is 314 Å². The molecule has 9 aromatic carbocycles. The summed E-state index contributed by atoms with van der Waals surface area (Å²) in [6, 6.07) is 76.1. The van der Waals surface area contributed by atoms with Crippen LogP contribution in [0.15, 0.2) is 217 Å². The van der Waals surface area contributed by atoms with Crippen molar-refractivity contribution in [3.05, 3.63) is 212 Å². The largest absolute Gasteiger partial charge is 0.456 e. The number of anilines is 3. The number of nitrogens with zero attached hydrogens (tertiary/aromatic N) is 1. The van der Waals surface area contributed by atoms with E-state index in [2.05, 4.69) is 205 Å². The lowest BCUT2D eigenvalue weighted by Gasteiger charge is -2.29. The van der Waals surface area contributed by atoms with Gasteiger partial charge in [-0.25, -0.2) is 0 Å². The third kappa shape index (κ3) is 5.71. The molecule has 0 bridgehead atoms. The van der Waals surface area contributed by atoms with Gasteiger partial charge in [0.25, 0.3) is 0 Å². The summed E-state index contributed by atoms with van der Waals surface area (Å²) in [4.78, 5) is 2.41. The quantitative estimate of drug-likeness (QED) is 0.166. The Bertz CT molecular complexity index is 2900. The molecule has 2 nitrogen and oxygen atoms in total. The van der Waals surface area contributed by atoms with Crippen LogP contribution in [0.4, 0.5) is 17.1 Å². The van der Waals surface area contributed by atoms with Crippen molar-refractivity contribution in [3.8, 4) is 44.5 Å². The predicted octanol–water partition coefficient (Wildman–Crippen LogP) is 14.9. The molecule has 0 fully saturated rings. The van der Waals surface area contributed by atoms with Crippen molar-refractivity contribution in [2.45, 2.75) is 0 Å². The number of furan rings is 1. The van der Waals surface area contributed by atoms with Crippen LogP contribution < -0.4 is 4.90 Å². The summed E-state index contributed by atoms with van der Waals surface area (Å²) in [5, 5.41) is 4.74. The third-order valence-corrected chi connectivity index (χ3v) is 10.5. The van der Waals surface area contributed by atoms with Crippen LogP contribution >= 0.6 is 0 Å². The summed E-state index contributed by atoms with van der Waals surface area (Å²) in [6.45, 7) is 0. The fourth-order valence-corrected chi connectivity index (χ4v) is 7.79. The minimum Gasteiger partial charge on any atom is -0.456 e. The molecule has 254 valence electrons. The molecule has 0 saturated heterocycles. The maximum absolute atomic E-state index is 6.13. The molecule has 0 spiro atoms. The van der Waals surface area contributed by atoms with Gasteiger partial charge in [-0.15, -0.1) is 0 Å². The van der Waals surface area contributed by atoms with Gasteiger partial charge in [0.15, 0.2) is 0 Å². The van der Waals surface area contributed by atoms with Crippen LogP contribution in [0.3, 0.4) is 0 Å². The summed E-state index contributed by atoms with van der Waals surface area (Å²) in [5.41, 5.74) is 14.5. The number of fused-ring (bicyclic) bond motifs is 4. The number of hydrogen-bond acceptors (Lipinski definition) is 2. The van der Waals surface area contributed by atoms with Gasteiger partial charge >= 0.3 is 0 Å². The molecule has 1 aromatic heterocycles. The van der Waals surface area contributed by atoms with Crippen molar-refractivity contribution in [2.24, 2.45) is 0 Å². The second-order valence-electron chi connectivity index (χ2n) is 13.7. The maximum Gasteiger partial charge on any atom is 0.135 e. The molecule has 0 aliphatic rings. The molecule has 1 heterocycles.